The van der Waals surface area contributed by atoms with Crippen molar-refractivity contribution in [2.45, 2.75) is 90.5 Å². The summed E-state index contributed by atoms with van der Waals surface area (Å²) in [5.41, 5.74) is 11.2. The van der Waals surface area contributed by atoms with Crippen molar-refractivity contribution in [3.63, 3.8) is 0 Å². The molecule has 0 saturated heterocycles. The van der Waals surface area contributed by atoms with E-state index in [9.17, 15) is 9.59 Å². The molecule has 2 N–H and O–H groups in total. The van der Waals surface area contributed by atoms with Gasteiger partial charge < -0.3 is 15.0 Å². The molecular formula is C27H38N2O3. The number of unbranched alkanes of at least 4 members (excludes halogenated alkanes) is 2. The maximum atomic E-state index is 12.7. The molecule has 1 aliphatic rings. The zero-order chi connectivity index (χ0) is 23.1. The van der Waals surface area contributed by atoms with Crippen LogP contribution < -0.4 is 5.73 Å². The predicted molar refractivity (Wildman–Crippen MR) is 129 cm³/mol. The number of primary amides is 1. The van der Waals surface area contributed by atoms with E-state index in [4.69, 9.17) is 10.5 Å². The highest BCUT2D eigenvalue weighted by atomic mass is 16.5. The van der Waals surface area contributed by atoms with E-state index in [1.807, 2.05) is 12.1 Å². The van der Waals surface area contributed by atoms with E-state index in [1.165, 1.54) is 44.9 Å². The monoisotopic (exact) mass is 438 g/mol. The van der Waals surface area contributed by atoms with Gasteiger partial charge in [-0.25, -0.2) is 4.79 Å². The van der Waals surface area contributed by atoms with Crippen molar-refractivity contribution in [2.24, 2.45) is 5.73 Å². The number of aromatic nitrogens is 1. The maximum absolute atomic E-state index is 12.7. The van der Waals surface area contributed by atoms with Crippen molar-refractivity contribution in [2.75, 3.05) is 7.11 Å². The SMILES string of the molecule is CCCCCc1c(-c2ccc(C(=O)OC)cc2)c(C(N)=O)c(C)n1C1CCCCCCC1. The van der Waals surface area contributed by atoms with Gasteiger partial charge in [0.15, 0.2) is 0 Å². The first kappa shape index (κ1) is 24.1. The Balaban J connectivity index is 2.14. The number of nitrogens with zero attached hydrogens (tertiary/aromatic N) is 1. The van der Waals surface area contributed by atoms with Gasteiger partial charge >= 0.3 is 5.97 Å². The summed E-state index contributed by atoms with van der Waals surface area (Å²) >= 11 is 0. The molecule has 1 aliphatic carbocycles. The van der Waals surface area contributed by atoms with Crippen LogP contribution in [0.4, 0.5) is 0 Å². The highest BCUT2D eigenvalue weighted by molar-refractivity contribution is 6.02. The van der Waals surface area contributed by atoms with Gasteiger partial charge in [0.05, 0.1) is 18.2 Å². The van der Waals surface area contributed by atoms with Crippen LogP contribution in [0.15, 0.2) is 24.3 Å². The second-order valence-corrected chi connectivity index (χ2v) is 9.04. The first-order valence-corrected chi connectivity index (χ1v) is 12.2. The maximum Gasteiger partial charge on any atom is 0.337 e. The number of esters is 1. The molecule has 3 rings (SSSR count). The fourth-order valence-electron chi connectivity index (χ4n) is 5.25. The minimum absolute atomic E-state index is 0.363. The molecule has 0 unspecified atom stereocenters. The normalized spacial score (nSPS) is 15.2. The number of hydrogen-bond donors (Lipinski definition) is 1. The van der Waals surface area contributed by atoms with Crippen molar-refractivity contribution in [1.29, 1.82) is 0 Å². The molecule has 2 aromatic rings. The van der Waals surface area contributed by atoms with Crippen LogP contribution in [-0.2, 0) is 11.2 Å². The zero-order valence-corrected chi connectivity index (χ0v) is 19.9. The van der Waals surface area contributed by atoms with E-state index >= 15 is 0 Å². The van der Waals surface area contributed by atoms with E-state index < -0.39 is 0 Å². The van der Waals surface area contributed by atoms with E-state index in [1.54, 1.807) is 12.1 Å². The Labute approximate surface area is 192 Å². The van der Waals surface area contributed by atoms with Crippen molar-refractivity contribution in [3.05, 3.63) is 46.8 Å². The van der Waals surface area contributed by atoms with Gasteiger partial charge in [0.2, 0.25) is 0 Å². The Morgan fingerprint density at radius 3 is 2.22 bits per heavy atom. The van der Waals surface area contributed by atoms with Gasteiger partial charge in [0.1, 0.15) is 0 Å². The molecule has 1 fully saturated rings. The number of hydrogen-bond acceptors (Lipinski definition) is 3. The molecule has 0 spiro atoms. The largest absolute Gasteiger partial charge is 0.465 e. The van der Waals surface area contributed by atoms with Gasteiger partial charge in [-0.3, -0.25) is 4.79 Å². The van der Waals surface area contributed by atoms with Crippen LogP contribution in [0.25, 0.3) is 11.1 Å². The Kier molecular flexibility index (Phi) is 8.54. The first-order chi connectivity index (χ1) is 15.5. The molecule has 32 heavy (non-hydrogen) atoms. The molecule has 5 heteroatoms. The average molecular weight is 439 g/mol. The molecule has 0 bridgehead atoms. The molecule has 1 heterocycles. The summed E-state index contributed by atoms with van der Waals surface area (Å²) in [4.78, 5) is 24.6. The summed E-state index contributed by atoms with van der Waals surface area (Å²) in [5.74, 6) is -0.742. The fraction of sp³-hybridized carbons (Fsp3) is 0.556. The lowest BCUT2D eigenvalue weighted by Gasteiger charge is -2.26. The number of methoxy groups -OCH3 is 1. The number of carbonyl (C=O) groups excluding carboxylic acids is 2. The summed E-state index contributed by atoms with van der Waals surface area (Å²) in [5, 5.41) is 0. The zero-order valence-electron chi connectivity index (χ0n) is 19.9. The lowest BCUT2D eigenvalue weighted by molar-refractivity contribution is 0.0600. The summed E-state index contributed by atoms with van der Waals surface area (Å²) < 4.78 is 7.29. The highest BCUT2D eigenvalue weighted by Gasteiger charge is 2.28. The smallest absolute Gasteiger partial charge is 0.337 e. The molecule has 174 valence electrons. The number of nitrogens with two attached hydrogens (primary N) is 1. The van der Waals surface area contributed by atoms with Crippen LogP contribution in [0, 0.1) is 6.92 Å². The van der Waals surface area contributed by atoms with Crippen molar-refractivity contribution < 1.29 is 14.3 Å². The molecule has 1 saturated carbocycles. The first-order valence-electron chi connectivity index (χ1n) is 12.2. The number of ether oxygens (including phenoxy) is 1. The summed E-state index contributed by atoms with van der Waals surface area (Å²) in [6.45, 7) is 4.26. The molecule has 0 radical (unpaired) electrons. The number of carbonyl (C=O) groups is 2. The fourth-order valence-corrected chi connectivity index (χ4v) is 5.25. The predicted octanol–water partition coefficient (Wildman–Crippen LogP) is 6.37. The number of benzene rings is 1. The van der Waals surface area contributed by atoms with Crippen LogP contribution in [0.2, 0.25) is 0 Å². The van der Waals surface area contributed by atoms with Crippen molar-refractivity contribution in [3.8, 4) is 11.1 Å². The topological polar surface area (TPSA) is 74.3 Å². The van der Waals surface area contributed by atoms with Gasteiger partial charge in [-0.05, 0) is 50.3 Å². The quantitative estimate of drug-likeness (QED) is 0.384. The molecule has 1 amide bonds. The molecule has 0 atom stereocenters. The minimum atomic E-state index is -0.379. The Morgan fingerprint density at radius 2 is 1.66 bits per heavy atom. The Morgan fingerprint density at radius 1 is 1.03 bits per heavy atom. The lowest BCUT2D eigenvalue weighted by atomic mass is 9.95. The van der Waals surface area contributed by atoms with Gasteiger partial charge in [-0.2, -0.15) is 0 Å². The van der Waals surface area contributed by atoms with Gasteiger partial charge in [-0.1, -0.05) is 64.0 Å². The highest BCUT2D eigenvalue weighted by Crippen LogP contribution is 2.39. The van der Waals surface area contributed by atoms with Crippen LogP contribution in [0.3, 0.4) is 0 Å². The molecule has 1 aromatic heterocycles. The molecule has 1 aromatic carbocycles. The lowest BCUT2D eigenvalue weighted by Crippen LogP contribution is -2.17. The molecule has 5 nitrogen and oxygen atoms in total. The van der Waals surface area contributed by atoms with E-state index in [2.05, 4.69) is 18.4 Å². The minimum Gasteiger partial charge on any atom is -0.465 e. The Bertz CT molecular complexity index is 919. The van der Waals surface area contributed by atoms with Crippen molar-refractivity contribution in [1.82, 2.24) is 4.57 Å². The summed E-state index contributed by atoms with van der Waals surface area (Å²) in [7, 11) is 1.38. The van der Waals surface area contributed by atoms with E-state index in [-0.39, 0.29) is 11.9 Å². The van der Waals surface area contributed by atoms with Gasteiger partial charge in [0, 0.05) is 23.0 Å². The van der Waals surface area contributed by atoms with E-state index in [0.29, 0.717) is 17.2 Å². The third kappa shape index (κ3) is 5.25. The summed E-state index contributed by atoms with van der Waals surface area (Å²) in [6.07, 6.45) is 13.0. The number of rotatable bonds is 8. The van der Waals surface area contributed by atoms with Crippen LogP contribution >= 0.6 is 0 Å². The van der Waals surface area contributed by atoms with Crippen LogP contribution in [0.5, 0.6) is 0 Å². The van der Waals surface area contributed by atoms with Gasteiger partial charge in [0.25, 0.3) is 5.91 Å². The summed E-state index contributed by atoms with van der Waals surface area (Å²) in [6, 6.07) is 7.78. The third-order valence-corrected chi connectivity index (χ3v) is 6.85. The van der Waals surface area contributed by atoms with Crippen molar-refractivity contribution >= 4 is 11.9 Å². The molecule has 0 aliphatic heterocycles. The van der Waals surface area contributed by atoms with Gasteiger partial charge in [-0.15, -0.1) is 0 Å². The standard InChI is InChI=1S/C27H38N2O3/c1-4-5-9-14-23-25(20-15-17-21(18-16-20)27(31)32-3)24(26(28)30)19(2)29(23)22-12-10-7-6-8-11-13-22/h15-18,22H,4-14H2,1-3H3,(H2,28,30). The molecular weight excluding hydrogens is 400 g/mol. The number of amides is 1. The van der Waals surface area contributed by atoms with E-state index in [0.717, 1.165) is 55.3 Å². The Hall–Kier alpha value is -2.56. The second kappa shape index (κ2) is 11.3. The van der Waals surface area contributed by atoms with Crippen LogP contribution in [0.1, 0.15) is 109 Å². The average Bonchev–Trinajstić information content (AvgIpc) is 3.05. The third-order valence-electron chi connectivity index (χ3n) is 6.85. The van der Waals surface area contributed by atoms with Crippen LogP contribution in [-0.4, -0.2) is 23.6 Å². The second-order valence-electron chi connectivity index (χ2n) is 9.04.